The van der Waals surface area contributed by atoms with Gasteiger partial charge in [0.05, 0.1) is 5.69 Å². The molecule has 0 fully saturated rings. The zero-order valence-corrected chi connectivity index (χ0v) is 8.44. The second-order valence-electron chi connectivity index (χ2n) is 4.28. The minimum Gasteiger partial charge on any atom is -0.349 e. The Morgan fingerprint density at radius 1 is 1.31 bits per heavy atom. The lowest BCUT2D eigenvalue weighted by Gasteiger charge is -2.19. The van der Waals surface area contributed by atoms with E-state index in [1.807, 2.05) is 20.8 Å². The number of hydrogen-bond donors (Lipinski definition) is 0. The molecule has 3 heteroatoms. The molecule has 0 N–H and O–H groups in total. The third-order valence-electron chi connectivity index (χ3n) is 2.14. The van der Waals surface area contributed by atoms with Crippen LogP contribution < -0.4 is 0 Å². The molecule has 0 aliphatic heterocycles. The van der Waals surface area contributed by atoms with Gasteiger partial charge >= 0.3 is 0 Å². The Bertz CT molecular complexity index is 294. The number of halogens is 2. The van der Waals surface area contributed by atoms with Crippen LogP contribution in [0.3, 0.4) is 0 Å². The lowest BCUT2D eigenvalue weighted by molar-refractivity contribution is 0.139. The summed E-state index contributed by atoms with van der Waals surface area (Å²) < 4.78 is 26.8. The summed E-state index contributed by atoms with van der Waals surface area (Å²) in [6.45, 7) is 5.82. The van der Waals surface area contributed by atoms with Gasteiger partial charge in [0.1, 0.15) is 0 Å². The molecule has 0 saturated carbocycles. The van der Waals surface area contributed by atoms with Crippen molar-refractivity contribution in [2.45, 2.75) is 32.6 Å². The summed E-state index contributed by atoms with van der Waals surface area (Å²) in [7, 11) is 1.65. The molecule has 1 rings (SSSR count). The van der Waals surface area contributed by atoms with E-state index in [4.69, 9.17) is 0 Å². The molecule has 0 unspecified atom stereocenters. The normalized spacial score (nSPS) is 12.5. The molecule has 1 nitrogen and oxygen atoms in total. The minimum atomic E-state index is -2.39. The van der Waals surface area contributed by atoms with Crippen molar-refractivity contribution in [2.75, 3.05) is 0 Å². The Hall–Kier alpha value is -0.860. The summed E-state index contributed by atoms with van der Waals surface area (Å²) in [4.78, 5) is 0. The van der Waals surface area contributed by atoms with Gasteiger partial charge in [0, 0.05) is 13.2 Å². The fourth-order valence-electron chi connectivity index (χ4n) is 1.45. The molecule has 0 atom stereocenters. The third-order valence-corrected chi connectivity index (χ3v) is 2.14. The van der Waals surface area contributed by atoms with E-state index in [0.29, 0.717) is 0 Å². The number of aryl methyl sites for hydroxylation is 1. The van der Waals surface area contributed by atoms with Gasteiger partial charge in [0.15, 0.2) is 0 Å². The van der Waals surface area contributed by atoms with Crippen LogP contribution in [0.4, 0.5) is 8.78 Å². The zero-order valence-electron chi connectivity index (χ0n) is 8.44. The molecule has 74 valence electrons. The van der Waals surface area contributed by atoms with Crippen LogP contribution >= 0.6 is 0 Å². The number of aromatic nitrogens is 1. The Kier molecular flexibility index (Phi) is 2.46. The van der Waals surface area contributed by atoms with Crippen LogP contribution in [-0.2, 0) is 12.5 Å². The highest BCUT2D eigenvalue weighted by Crippen LogP contribution is 2.32. The van der Waals surface area contributed by atoms with Crippen LogP contribution in [0.1, 0.15) is 38.5 Å². The van der Waals surface area contributed by atoms with Crippen molar-refractivity contribution >= 4 is 0 Å². The summed E-state index contributed by atoms with van der Waals surface area (Å²) in [5.74, 6) is 0. The highest BCUT2D eigenvalue weighted by atomic mass is 19.3. The van der Waals surface area contributed by atoms with E-state index >= 15 is 0 Å². The largest absolute Gasteiger partial charge is 0.349 e. The summed E-state index contributed by atoms with van der Waals surface area (Å²) in [6, 6.07) is 1.77. The molecule has 0 aliphatic rings. The third kappa shape index (κ3) is 1.90. The lowest BCUT2D eigenvalue weighted by Crippen LogP contribution is -2.14. The topological polar surface area (TPSA) is 4.93 Å². The Morgan fingerprint density at radius 3 is 2.15 bits per heavy atom. The monoisotopic (exact) mass is 187 g/mol. The van der Waals surface area contributed by atoms with E-state index in [1.165, 1.54) is 4.57 Å². The fraction of sp³-hybridized carbons (Fsp3) is 0.600. The SMILES string of the molecule is Cn1ccc(C(C)(C)C)c1C(F)F. The van der Waals surface area contributed by atoms with E-state index < -0.39 is 6.43 Å². The van der Waals surface area contributed by atoms with Crippen LogP contribution in [0.15, 0.2) is 12.3 Å². The van der Waals surface area contributed by atoms with Crippen molar-refractivity contribution in [1.82, 2.24) is 4.57 Å². The second-order valence-corrected chi connectivity index (χ2v) is 4.28. The molecular formula is C10H15F2N. The first-order valence-corrected chi connectivity index (χ1v) is 4.28. The Labute approximate surface area is 77.4 Å². The van der Waals surface area contributed by atoms with Crippen LogP contribution in [0.25, 0.3) is 0 Å². The lowest BCUT2D eigenvalue weighted by atomic mass is 9.87. The van der Waals surface area contributed by atoms with Crippen LogP contribution in [0.5, 0.6) is 0 Å². The van der Waals surface area contributed by atoms with E-state index in [1.54, 1.807) is 19.3 Å². The predicted molar refractivity (Wildman–Crippen MR) is 49.1 cm³/mol. The quantitative estimate of drug-likeness (QED) is 0.636. The van der Waals surface area contributed by atoms with Crippen molar-refractivity contribution in [2.24, 2.45) is 7.05 Å². The first-order chi connectivity index (χ1) is 5.84. The molecule has 1 heterocycles. The van der Waals surface area contributed by atoms with Crippen molar-refractivity contribution in [1.29, 1.82) is 0 Å². The summed E-state index contributed by atoms with van der Waals surface area (Å²) >= 11 is 0. The van der Waals surface area contributed by atoms with Gasteiger partial charge < -0.3 is 4.57 Å². The molecule has 0 aromatic carbocycles. The summed E-state index contributed by atoms with van der Waals surface area (Å²) in [6.07, 6.45) is -0.712. The Balaban J connectivity index is 3.23. The van der Waals surface area contributed by atoms with Gasteiger partial charge in [0.2, 0.25) is 0 Å². The molecule has 13 heavy (non-hydrogen) atoms. The standard InChI is InChI=1S/C10H15F2N/c1-10(2,3)7-5-6-13(4)8(7)9(11)12/h5-6,9H,1-4H3. The molecule has 0 amide bonds. The fourth-order valence-corrected chi connectivity index (χ4v) is 1.45. The van der Waals surface area contributed by atoms with Crippen LogP contribution in [0, 0.1) is 0 Å². The molecule has 1 aromatic heterocycles. The molecule has 1 aromatic rings. The average Bonchev–Trinajstić information content (AvgIpc) is 2.28. The van der Waals surface area contributed by atoms with Crippen LogP contribution in [0.2, 0.25) is 0 Å². The number of hydrogen-bond acceptors (Lipinski definition) is 0. The summed E-state index contributed by atoms with van der Waals surface area (Å²) in [5.41, 5.74) is 0.644. The highest BCUT2D eigenvalue weighted by Gasteiger charge is 2.24. The molecule has 0 bridgehead atoms. The molecule has 0 spiro atoms. The van der Waals surface area contributed by atoms with Gasteiger partial charge in [0.25, 0.3) is 6.43 Å². The van der Waals surface area contributed by atoms with E-state index in [2.05, 4.69) is 0 Å². The zero-order chi connectivity index (χ0) is 10.2. The maximum absolute atomic E-state index is 12.6. The number of rotatable bonds is 1. The first kappa shape index (κ1) is 10.2. The Morgan fingerprint density at radius 2 is 1.85 bits per heavy atom. The summed E-state index contributed by atoms with van der Waals surface area (Å²) in [5, 5.41) is 0. The van der Waals surface area contributed by atoms with Crippen molar-refractivity contribution in [3.05, 3.63) is 23.5 Å². The van der Waals surface area contributed by atoms with Crippen molar-refractivity contribution in [3.8, 4) is 0 Å². The molecule has 0 radical (unpaired) electrons. The van der Waals surface area contributed by atoms with Gasteiger partial charge in [-0.2, -0.15) is 0 Å². The number of alkyl halides is 2. The van der Waals surface area contributed by atoms with Gasteiger partial charge in [-0.15, -0.1) is 0 Å². The minimum absolute atomic E-state index is 0.132. The average molecular weight is 187 g/mol. The maximum Gasteiger partial charge on any atom is 0.278 e. The van der Waals surface area contributed by atoms with Gasteiger partial charge in [-0.3, -0.25) is 0 Å². The molecule has 0 saturated heterocycles. The van der Waals surface area contributed by atoms with Crippen molar-refractivity contribution < 1.29 is 8.78 Å². The number of nitrogens with zero attached hydrogens (tertiary/aromatic N) is 1. The molecule has 0 aliphatic carbocycles. The van der Waals surface area contributed by atoms with Gasteiger partial charge in [-0.05, 0) is 17.0 Å². The van der Waals surface area contributed by atoms with E-state index in [9.17, 15) is 8.78 Å². The van der Waals surface area contributed by atoms with Gasteiger partial charge in [-0.1, -0.05) is 20.8 Å². The first-order valence-electron chi connectivity index (χ1n) is 4.28. The van der Waals surface area contributed by atoms with Crippen molar-refractivity contribution in [3.63, 3.8) is 0 Å². The van der Waals surface area contributed by atoms with Crippen LogP contribution in [-0.4, -0.2) is 4.57 Å². The second kappa shape index (κ2) is 3.13. The van der Waals surface area contributed by atoms with Gasteiger partial charge in [-0.25, -0.2) is 8.78 Å². The highest BCUT2D eigenvalue weighted by molar-refractivity contribution is 5.29. The van der Waals surface area contributed by atoms with E-state index in [0.717, 1.165) is 5.56 Å². The smallest absolute Gasteiger partial charge is 0.278 e. The maximum atomic E-state index is 12.6. The molecular weight excluding hydrogens is 172 g/mol. The predicted octanol–water partition coefficient (Wildman–Crippen LogP) is 3.26. The van der Waals surface area contributed by atoms with E-state index in [-0.39, 0.29) is 11.1 Å².